The van der Waals surface area contributed by atoms with Crippen LogP contribution in [0.2, 0.25) is 0 Å². The number of nitrogens with one attached hydrogen (secondary N) is 2. The van der Waals surface area contributed by atoms with Gasteiger partial charge in [0.25, 0.3) is 0 Å². The summed E-state index contributed by atoms with van der Waals surface area (Å²) in [6, 6.07) is 7.58. The average Bonchev–Trinajstić information content (AvgIpc) is 2.86. The number of ether oxygens (including phenoxy) is 2. The van der Waals surface area contributed by atoms with Crippen molar-refractivity contribution in [2.45, 2.75) is 45.8 Å². The number of hydrogen-bond acceptors (Lipinski definition) is 4. The Morgan fingerprint density at radius 2 is 2.17 bits per heavy atom. The normalized spacial score (nSPS) is 12.5. The summed E-state index contributed by atoms with van der Waals surface area (Å²) in [6.07, 6.45) is 2.13. The first-order valence-corrected chi connectivity index (χ1v) is 7.88. The minimum absolute atomic E-state index is 0.00404. The number of H-pyrrole nitrogens is 1. The van der Waals surface area contributed by atoms with E-state index in [2.05, 4.69) is 10.3 Å². The van der Waals surface area contributed by atoms with Crippen LogP contribution in [-0.2, 0) is 11.2 Å². The summed E-state index contributed by atoms with van der Waals surface area (Å²) in [5.41, 5.74) is 1.40. The molecule has 2 aromatic rings. The lowest BCUT2D eigenvalue weighted by Crippen LogP contribution is -2.38. The van der Waals surface area contributed by atoms with Crippen molar-refractivity contribution in [2.24, 2.45) is 0 Å². The molecule has 0 bridgehead atoms. The van der Waals surface area contributed by atoms with E-state index in [4.69, 9.17) is 14.7 Å². The van der Waals surface area contributed by atoms with Gasteiger partial charge in [-0.25, -0.2) is 4.79 Å². The Kier molecular flexibility index (Phi) is 5.35. The number of nitriles is 1. The van der Waals surface area contributed by atoms with Crippen molar-refractivity contribution in [3.63, 3.8) is 0 Å². The molecule has 0 spiro atoms. The topological polar surface area (TPSA) is 87.1 Å². The maximum Gasteiger partial charge on any atom is 0.407 e. The zero-order valence-corrected chi connectivity index (χ0v) is 14.5. The van der Waals surface area contributed by atoms with Crippen LogP contribution in [0.15, 0.2) is 24.4 Å². The predicted molar refractivity (Wildman–Crippen MR) is 91.9 cm³/mol. The van der Waals surface area contributed by atoms with Gasteiger partial charge < -0.3 is 19.8 Å². The third kappa shape index (κ3) is 4.66. The maximum absolute atomic E-state index is 11.8. The summed E-state index contributed by atoms with van der Waals surface area (Å²) in [7, 11) is 0. The van der Waals surface area contributed by atoms with E-state index in [-0.39, 0.29) is 12.6 Å². The fraction of sp³-hybridized carbons (Fsp3) is 0.444. The van der Waals surface area contributed by atoms with E-state index < -0.39 is 11.7 Å². The molecule has 0 aliphatic carbocycles. The Balaban J connectivity index is 2.07. The molecule has 0 saturated heterocycles. The van der Waals surface area contributed by atoms with Crippen molar-refractivity contribution in [1.29, 1.82) is 5.26 Å². The summed E-state index contributed by atoms with van der Waals surface area (Å²) < 4.78 is 10.7. The van der Waals surface area contributed by atoms with Crippen LogP contribution in [0.3, 0.4) is 0 Å². The van der Waals surface area contributed by atoms with Gasteiger partial charge >= 0.3 is 6.09 Å². The van der Waals surface area contributed by atoms with Crippen LogP contribution in [0.5, 0.6) is 5.75 Å². The predicted octanol–water partition coefficient (Wildman–Crippen LogP) is 3.53. The zero-order valence-electron chi connectivity index (χ0n) is 14.5. The number of fused-ring (bicyclic) bond motifs is 1. The first-order valence-electron chi connectivity index (χ1n) is 7.88. The molecule has 128 valence electrons. The fourth-order valence-corrected chi connectivity index (χ4v) is 2.47. The van der Waals surface area contributed by atoms with E-state index in [0.717, 1.165) is 16.5 Å². The van der Waals surface area contributed by atoms with Crippen LogP contribution in [-0.4, -0.2) is 29.3 Å². The quantitative estimate of drug-likeness (QED) is 0.878. The number of amides is 1. The van der Waals surface area contributed by atoms with Crippen LogP contribution in [0.4, 0.5) is 4.79 Å². The van der Waals surface area contributed by atoms with Crippen LogP contribution in [0.1, 0.15) is 33.3 Å². The van der Waals surface area contributed by atoms with Gasteiger partial charge in [-0.05, 0) is 45.7 Å². The first-order chi connectivity index (χ1) is 11.3. The molecule has 1 heterocycles. The van der Waals surface area contributed by atoms with Crippen LogP contribution in [0.25, 0.3) is 10.9 Å². The van der Waals surface area contributed by atoms with Gasteiger partial charge in [-0.1, -0.05) is 12.1 Å². The number of carbonyl (C=O) groups excluding carboxylic acids is 1. The van der Waals surface area contributed by atoms with E-state index in [0.29, 0.717) is 12.2 Å². The minimum atomic E-state index is -0.516. The Morgan fingerprint density at radius 1 is 1.42 bits per heavy atom. The van der Waals surface area contributed by atoms with Gasteiger partial charge in [-0.15, -0.1) is 0 Å². The lowest BCUT2D eigenvalue weighted by atomic mass is 10.1. The number of alkyl carbamates (subject to hydrolysis) is 1. The van der Waals surface area contributed by atoms with Gasteiger partial charge in [-0.3, -0.25) is 0 Å². The van der Waals surface area contributed by atoms with Gasteiger partial charge in [0.15, 0.2) is 6.61 Å². The highest BCUT2D eigenvalue weighted by atomic mass is 16.6. The molecule has 1 amide bonds. The largest absolute Gasteiger partial charge is 0.477 e. The third-order valence-corrected chi connectivity index (χ3v) is 3.34. The van der Waals surface area contributed by atoms with Gasteiger partial charge in [0.2, 0.25) is 0 Å². The second kappa shape index (κ2) is 7.26. The number of benzene rings is 1. The van der Waals surface area contributed by atoms with Crippen LogP contribution < -0.4 is 10.1 Å². The second-order valence-electron chi connectivity index (χ2n) is 6.69. The molecule has 1 aromatic carbocycles. The number of aromatic amines is 1. The molecule has 24 heavy (non-hydrogen) atoms. The Labute approximate surface area is 141 Å². The second-order valence-corrected chi connectivity index (χ2v) is 6.69. The smallest absolute Gasteiger partial charge is 0.407 e. The molecule has 0 radical (unpaired) electrons. The molecule has 0 aliphatic heterocycles. The number of nitrogens with zero attached hydrogens (tertiary/aromatic N) is 1. The molecule has 2 N–H and O–H groups in total. The molecule has 0 fully saturated rings. The summed E-state index contributed by atoms with van der Waals surface area (Å²) in [4.78, 5) is 15.0. The molecule has 1 aromatic heterocycles. The minimum Gasteiger partial charge on any atom is -0.477 e. The molecular weight excluding hydrogens is 306 g/mol. The number of rotatable bonds is 5. The Hall–Kier alpha value is -2.68. The van der Waals surface area contributed by atoms with E-state index in [1.807, 2.05) is 58.2 Å². The fourth-order valence-electron chi connectivity index (χ4n) is 2.47. The van der Waals surface area contributed by atoms with Gasteiger partial charge in [0.1, 0.15) is 17.4 Å². The van der Waals surface area contributed by atoms with E-state index in [1.165, 1.54) is 0 Å². The van der Waals surface area contributed by atoms with Crippen molar-refractivity contribution in [3.05, 3.63) is 30.0 Å². The number of aromatic nitrogens is 1. The Morgan fingerprint density at radius 3 is 2.83 bits per heavy atom. The van der Waals surface area contributed by atoms with Crippen LogP contribution in [0, 0.1) is 11.3 Å². The summed E-state index contributed by atoms with van der Waals surface area (Å²) >= 11 is 0. The lowest BCUT2D eigenvalue weighted by Gasteiger charge is -2.21. The summed E-state index contributed by atoms with van der Waals surface area (Å²) in [5.74, 6) is 0.646. The van der Waals surface area contributed by atoms with Crippen molar-refractivity contribution in [3.8, 4) is 11.8 Å². The SMILES string of the molecule is CC(Cc1c[nH]c2c(OCC#N)cccc12)NC(=O)OC(C)(C)C. The number of hydrogen-bond donors (Lipinski definition) is 2. The van der Waals surface area contributed by atoms with Gasteiger partial charge in [0, 0.05) is 17.6 Å². The monoisotopic (exact) mass is 329 g/mol. The Bertz CT molecular complexity index is 753. The average molecular weight is 329 g/mol. The van der Waals surface area contributed by atoms with Crippen LogP contribution >= 0.6 is 0 Å². The number of para-hydroxylation sites is 1. The highest BCUT2D eigenvalue weighted by molar-refractivity contribution is 5.88. The number of carbonyl (C=O) groups is 1. The zero-order chi connectivity index (χ0) is 17.7. The van der Waals surface area contributed by atoms with Gasteiger partial charge in [-0.2, -0.15) is 5.26 Å². The summed E-state index contributed by atoms with van der Waals surface area (Å²) in [5, 5.41) is 12.5. The lowest BCUT2D eigenvalue weighted by molar-refractivity contribution is 0.0508. The van der Waals surface area contributed by atoms with Crippen molar-refractivity contribution >= 4 is 17.0 Å². The molecule has 1 atom stereocenters. The standard InChI is InChI=1S/C18H23N3O3/c1-12(21-17(22)24-18(2,3)4)10-13-11-20-16-14(13)6-5-7-15(16)23-9-8-19/h5-7,11-12,20H,9-10H2,1-4H3,(H,21,22). The molecule has 0 aliphatic rings. The van der Waals surface area contributed by atoms with E-state index in [9.17, 15) is 4.79 Å². The maximum atomic E-state index is 11.8. The first kappa shape index (κ1) is 17.7. The van der Waals surface area contributed by atoms with E-state index >= 15 is 0 Å². The molecule has 1 unspecified atom stereocenters. The molecule has 6 heteroatoms. The van der Waals surface area contributed by atoms with Crippen molar-refractivity contribution in [1.82, 2.24) is 10.3 Å². The third-order valence-electron chi connectivity index (χ3n) is 3.34. The molecule has 0 saturated carbocycles. The molecular formula is C18H23N3O3. The summed E-state index contributed by atoms with van der Waals surface area (Å²) in [6.45, 7) is 7.43. The van der Waals surface area contributed by atoms with E-state index in [1.54, 1.807) is 0 Å². The highest BCUT2D eigenvalue weighted by Gasteiger charge is 2.18. The van der Waals surface area contributed by atoms with Gasteiger partial charge in [0.05, 0.1) is 5.52 Å². The van der Waals surface area contributed by atoms with Crippen molar-refractivity contribution < 1.29 is 14.3 Å². The van der Waals surface area contributed by atoms with Crippen molar-refractivity contribution in [2.75, 3.05) is 6.61 Å². The molecule has 2 rings (SSSR count). The highest BCUT2D eigenvalue weighted by Crippen LogP contribution is 2.28. The molecule has 6 nitrogen and oxygen atoms in total.